The van der Waals surface area contributed by atoms with Crippen molar-refractivity contribution in [1.29, 1.82) is 0 Å². The summed E-state index contributed by atoms with van der Waals surface area (Å²) in [5.74, 6) is 6.42. The maximum Gasteiger partial charge on any atom is 0.150 e. The summed E-state index contributed by atoms with van der Waals surface area (Å²) in [4.78, 5) is 0. The lowest BCUT2D eigenvalue weighted by molar-refractivity contribution is -0.00339. The SMILES string of the molecule is Nc1cc(Cl)ccc1Oc1ccc(Oc2ccc(Cl)cc2N)c(C2C3CC4CC(C3)CC2C4)c1. The molecule has 0 radical (unpaired) electrons. The van der Waals surface area contributed by atoms with Crippen molar-refractivity contribution in [1.82, 2.24) is 0 Å². The van der Waals surface area contributed by atoms with Gasteiger partial charge in [0.25, 0.3) is 0 Å². The van der Waals surface area contributed by atoms with Crippen LogP contribution < -0.4 is 20.9 Å². The molecule has 0 heterocycles. The third-order valence-corrected chi connectivity index (χ3v) is 8.43. The van der Waals surface area contributed by atoms with Crippen LogP contribution in [-0.4, -0.2) is 0 Å². The lowest BCUT2D eigenvalue weighted by atomic mass is 9.50. The molecule has 0 saturated heterocycles. The number of benzene rings is 3. The fourth-order valence-electron chi connectivity index (χ4n) is 6.85. The van der Waals surface area contributed by atoms with Gasteiger partial charge in [0.15, 0.2) is 0 Å². The van der Waals surface area contributed by atoms with Gasteiger partial charge >= 0.3 is 0 Å². The lowest BCUT2D eigenvalue weighted by Gasteiger charge is -2.54. The van der Waals surface area contributed by atoms with E-state index in [9.17, 15) is 0 Å². The molecule has 0 atom stereocenters. The van der Waals surface area contributed by atoms with Crippen LogP contribution in [0.2, 0.25) is 10.0 Å². The Bertz CT molecular complexity index is 1220. The molecule has 0 unspecified atom stereocenters. The van der Waals surface area contributed by atoms with E-state index in [1.54, 1.807) is 30.3 Å². The van der Waals surface area contributed by atoms with Gasteiger partial charge in [0.2, 0.25) is 0 Å². The van der Waals surface area contributed by atoms with Gasteiger partial charge in [0.1, 0.15) is 23.0 Å². The molecule has 4 N–H and O–H groups in total. The molecule has 4 aliphatic carbocycles. The summed E-state index contributed by atoms with van der Waals surface area (Å²) >= 11 is 12.2. The molecule has 7 rings (SSSR count). The summed E-state index contributed by atoms with van der Waals surface area (Å²) < 4.78 is 12.6. The molecule has 0 aliphatic heterocycles. The summed E-state index contributed by atoms with van der Waals surface area (Å²) in [5.41, 5.74) is 14.6. The van der Waals surface area contributed by atoms with E-state index in [0.717, 1.165) is 23.3 Å². The second-order valence-corrected chi connectivity index (χ2v) is 11.1. The van der Waals surface area contributed by atoms with Crippen LogP contribution in [0.15, 0.2) is 54.6 Å². The van der Waals surface area contributed by atoms with Gasteiger partial charge in [-0.05, 0) is 116 Å². The number of hydrogen-bond donors (Lipinski definition) is 2. The number of halogens is 2. The Morgan fingerprint density at radius 2 is 1.15 bits per heavy atom. The van der Waals surface area contributed by atoms with E-state index in [1.165, 1.54) is 37.7 Å². The highest BCUT2D eigenvalue weighted by atomic mass is 35.5. The Labute approximate surface area is 210 Å². The van der Waals surface area contributed by atoms with Gasteiger partial charge in [-0.2, -0.15) is 0 Å². The Kier molecular flexibility index (Phi) is 5.54. The zero-order valence-electron chi connectivity index (χ0n) is 18.8. The Morgan fingerprint density at radius 1 is 0.618 bits per heavy atom. The molecular formula is C28H28Cl2N2O2. The molecule has 34 heavy (non-hydrogen) atoms. The van der Waals surface area contributed by atoms with Crippen molar-refractivity contribution in [2.75, 3.05) is 11.5 Å². The lowest BCUT2D eigenvalue weighted by Crippen LogP contribution is -2.43. The highest BCUT2D eigenvalue weighted by molar-refractivity contribution is 6.31. The maximum absolute atomic E-state index is 6.42. The third kappa shape index (κ3) is 4.08. The fourth-order valence-corrected chi connectivity index (χ4v) is 7.21. The normalized spacial score (nSPS) is 27.1. The topological polar surface area (TPSA) is 70.5 Å². The van der Waals surface area contributed by atoms with E-state index in [0.29, 0.717) is 50.7 Å². The predicted molar refractivity (Wildman–Crippen MR) is 138 cm³/mol. The summed E-state index contributed by atoms with van der Waals surface area (Å²) in [5, 5.41) is 1.18. The molecule has 4 aliphatic rings. The summed E-state index contributed by atoms with van der Waals surface area (Å²) in [6.45, 7) is 0. The first-order chi connectivity index (χ1) is 16.4. The molecule has 176 valence electrons. The molecule has 0 amide bonds. The number of ether oxygens (including phenoxy) is 2. The van der Waals surface area contributed by atoms with Gasteiger partial charge in [-0.1, -0.05) is 23.2 Å². The van der Waals surface area contributed by atoms with E-state index in [1.807, 2.05) is 18.2 Å². The molecular weight excluding hydrogens is 467 g/mol. The maximum atomic E-state index is 6.42. The van der Waals surface area contributed by atoms with E-state index in [-0.39, 0.29) is 0 Å². The minimum Gasteiger partial charge on any atom is -0.455 e. The van der Waals surface area contributed by atoms with Crippen LogP contribution in [0.4, 0.5) is 11.4 Å². The number of anilines is 2. The molecule has 0 spiro atoms. The highest BCUT2D eigenvalue weighted by Crippen LogP contribution is 2.61. The average molecular weight is 495 g/mol. The van der Waals surface area contributed by atoms with Crippen LogP contribution in [0.25, 0.3) is 0 Å². The van der Waals surface area contributed by atoms with Crippen LogP contribution in [0.1, 0.15) is 43.6 Å². The van der Waals surface area contributed by atoms with Crippen LogP contribution >= 0.6 is 23.2 Å². The molecule has 3 aromatic rings. The number of rotatable bonds is 5. The molecule has 6 heteroatoms. The monoisotopic (exact) mass is 494 g/mol. The fraction of sp³-hybridized carbons (Fsp3) is 0.357. The third-order valence-electron chi connectivity index (χ3n) is 7.96. The second-order valence-electron chi connectivity index (χ2n) is 10.2. The van der Waals surface area contributed by atoms with E-state index in [4.69, 9.17) is 44.1 Å². The standard InChI is InChI=1S/C28H28Cl2N2O2/c29-19-1-4-26(23(31)12-19)33-21-3-6-25(34-27-5-2-20(30)13-24(27)32)22(14-21)28-17-8-15-7-16(10-17)11-18(28)9-15/h1-6,12-18,28H,7-11,31-32H2. The van der Waals surface area contributed by atoms with Crippen molar-refractivity contribution in [2.24, 2.45) is 23.7 Å². The molecule has 4 saturated carbocycles. The quantitative estimate of drug-likeness (QED) is 0.350. The zero-order chi connectivity index (χ0) is 23.4. The first kappa shape index (κ1) is 21.9. The molecule has 0 aromatic heterocycles. The predicted octanol–water partition coefficient (Wildman–Crippen LogP) is 8.28. The van der Waals surface area contributed by atoms with Gasteiger partial charge < -0.3 is 20.9 Å². The minimum atomic E-state index is 0.461. The second kappa shape index (κ2) is 8.58. The molecule has 4 fully saturated rings. The van der Waals surface area contributed by atoms with Crippen LogP contribution in [0.5, 0.6) is 23.0 Å². The molecule has 3 aromatic carbocycles. The van der Waals surface area contributed by atoms with Gasteiger partial charge in [-0.3, -0.25) is 0 Å². The summed E-state index contributed by atoms with van der Waals surface area (Å²) in [7, 11) is 0. The Morgan fingerprint density at radius 3 is 1.71 bits per heavy atom. The van der Waals surface area contributed by atoms with Crippen LogP contribution in [0, 0.1) is 23.7 Å². The van der Waals surface area contributed by atoms with Gasteiger partial charge in [-0.15, -0.1) is 0 Å². The Balaban J connectivity index is 1.38. The van der Waals surface area contributed by atoms with Crippen molar-refractivity contribution in [2.45, 2.75) is 38.0 Å². The smallest absolute Gasteiger partial charge is 0.150 e. The first-order valence-electron chi connectivity index (χ1n) is 12.0. The minimum absolute atomic E-state index is 0.461. The van der Waals surface area contributed by atoms with E-state index >= 15 is 0 Å². The molecule has 4 nitrogen and oxygen atoms in total. The van der Waals surface area contributed by atoms with Crippen LogP contribution in [-0.2, 0) is 0 Å². The zero-order valence-corrected chi connectivity index (χ0v) is 20.4. The Hall–Kier alpha value is -2.56. The van der Waals surface area contributed by atoms with Gasteiger partial charge in [0, 0.05) is 15.6 Å². The largest absolute Gasteiger partial charge is 0.455 e. The van der Waals surface area contributed by atoms with Crippen LogP contribution in [0.3, 0.4) is 0 Å². The number of nitrogens with two attached hydrogens (primary N) is 2. The van der Waals surface area contributed by atoms with E-state index < -0.39 is 0 Å². The van der Waals surface area contributed by atoms with Crippen molar-refractivity contribution in [3.63, 3.8) is 0 Å². The van der Waals surface area contributed by atoms with Crippen molar-refractivity contribution < 1.29 is 9.47 Å². The van der Waals surface area contributed by atoms with Gasteiger partial charge in [0.05, 0.1) is 11.4 Å². The van der Waals surface area contributed by atoms with Gasteiger partial charge in [-0.25, -0.2) is 0 Å². The highest BCUT2D eigenvalue weighted by Gasteiger charge is 2.49. The van der Waals surface area contributed by atoms with Crippen molar-refractivity contribution in [3.8, 4) is 23.0 Å². The average Bonchev–Trinajstić information content (AvgIpc) is 2.78. The van der Waals surface area contributed by atoms with E-state index in [2.05, 4.69) is 6.07 Å². The number of nitrogen functional groups attached to an aromatic ring is 2. The molecule has 4 bridgehead atoms. The van der Waals surface area contributed by atoms with Crippen molar-refractivity contribution >= 4 is 34.6 Å². The first-order valence-corrected chi connectivity index (χ1v) is 12.8. The summed E-state index contributed by atoms with van der Waals surface area (Å²) in [6, 6.07) is 16.7. The number of hydrogen-bond acceptors (Lipinski definition) is 4. The van der Waals surface area contributed by atoms with Crippen molar-refractivity contribution in [3.05, 3.63) is 70.2 Å². The summed E-state index contributed by atoms with van der Waals surface area (Å²) in [6.07, 6.45) is 6.68.